The Bertz CT molecular complexity index is 603. The van der Waals surface area contributed by atoms with Gasteiger partial charge in [-0.05, 0) is 44.4 Å². The number of aromatic nitrogens is 1. The van der Waals surface area contributed by atoms with Crippen LogP contribution in [0.1, 0.15) is 36.9 Å². The van der Waals surface area contributed by atoms with Crippen LogP contribution < -0.4 is 5.32 Å². The minimum absolute atomic E-state index is 0.685. The summed E-state index contributed by atoms with van der Waals surface area (Å²) in [6.45, 7) is 5.20. The maximum absolute atomic E-state index is 4.87. The maximum atomic E-state index is 4.87. The number of nitrogens with zero attached hydrogens (tertiary/aromatic N) is 1. The van der Waals surface area contributed by atoms with Crippen LogP contribution in [0.25, 0.3) is 10.9 Å². The first kappa shape index (κ1) is 12.0. The van der Waals surface area contributed by atoms with E-state index in [9.17, 15) is 0 Å². The van der Waals surface area contributed by atoms with E-state index in [1.54, 1.807) is 0 Å². The van der Waals surface area contributed by atoms with Gasteiger partial charge >= 0.3 is 0 Å². The lowest BCUT2D eigenvalue weighted by Gasteiger charge is -2.13. The van der Waals surface area contributed by atoms with Crippen molar-refractivity contribution in [1.82, 2.24) is 4.98 Å². The zero-order chi connectivity index (χ0) is 12.7. The Balaban J connectivity index is 2.29. The summed E-state index contributed by atoms with van der Waals surface area (Å²) in [4.78, 5) is 4.87. The molecule has 1 aliphatic rings. The Morgan fingerprint density at radius 2 is 2.17 bits per heavy atom. The average Bonchev–Trinajstić information content (AvgIpc) is 3.18. The van der Waals surface area contributed by atoms with E-state index in [1.165, 1.54) is 35.2 Å². The Labute approximate surface area is 116 Å². The number of halogens is 1. The SMILES string of the molecule is CCNc1cc(C2CC2)nc2c(C)ccc(Br)c12. The molecule has 0 amide bonds. The van der Waals surface area contributed by atoms with Gasteiger partial charge in [-0.25, -0.2) is 0 Å². The topological polar surface area (TPSA) is 24.9 Å². The summed E-state index contributed by atoms with van der Waals surface area (Å²) in [5, 5.41) is 4.68. The number of rotatable bonds is 3. The highest BCUT2D eigenvalue weighted by Gasteiger charge is 2.26. The zero-order valence-corrected chi connectivity index (χ0v) is 12.3. The zero-order valence-electron chi connectivity index (χ0n) is 10.8. The van der Waals surface area contributed by atoms with Crippen molar-refractivity contribution in [3.8, 4) is 0 Å². The van der Waals surface area contributed by atoms with Gasteiger partial charge in [0, 0.05) is 33.7 Å². The summed E-state index contributed by atoms with van der Waals surface area (Å²) in [5.41, 5.74) is 4.83. The normalized spacial score (nSPS) is 15.1. The molecular formula is C15H17BrN2. The molecule has 1 aromatic heterocycles. The summed E-state index contributed by atoms with van der Waals surface area (Å²) < 4.78 is 1.12. The Kier molecular flexibility index (Phi) is 3.02. The summed E-state index contributed by atoms with van der Waals surface area (Å²) in [6.07, 6.45) is 2.58. The number of benzene rings is 1. The first-order valence-corrected chi connectivity index (χ1v) is 7.33. The minimum Gasteiger partial charge on any atom is -0.385 e. The largest absolute Gasteiger partial charge is 0.385 e. The highest BCUT2D eigenvalue weighted by atomic mass is 79.9. The summed E-state index contributed by atoms with van der Waals surface area (Å²) >= 11 is 3.65. The Morgan fingerprint density at radius 3 is 2.83 bits per heavy atom. The number of aryl methyl sites for hydroxylation is 1. The standard InChI is InChI=1S/C15H17BrN2/c1-3-17-13-8-12(10-5-6-10)18-15-9(2)4-7-11(16)14(13)15/h4,7-8,10H,3,5-6H2,1-2H3,(H,17,18). The summed E-state index contributed by atoms with van der Waals surface area (Å²) in [5.74, 6) is 0.685. The molecule has 0 aliphatic heterocycles. The number of hydrogen-bond acceptors (Lipinski definition) is 2. The van der Waals surface area contributed by atoms with Crippen LogP contribution >= 0.6 is 15.9 Å². The minimum atomic E-state index is 0.685. The van der Waals surface area contributed by atoms with E-state index in [1.807, 2.05) is 0 Å². The second-order valence-electron chi connectivity index (χ2n) is 4.99. The fourth-order valence-electron chi connectivity index (χ4n) is 2.37. The molecule has 18 heavy (non-hydrogen) atoms. The predicted octanol–water partition coefficient (Wildman–Crippen LogP) is 4.61. The van der Waals surface area contributed by atoms with Crippen LogP contribution in [0.4, 0.5) is 5.69 Å². The fraction of sp³-hybridized carbons (Fsp3) is 0.400. The number of fused-ring (bicyclic) bond motifs is 1. The number of anilines is 1. The van der Waals surface area contributed by atoms with Gasteiger partial charge in [0.05, 0.1) is 5.52 Å². The molecule has 1 aromatic carbocycles. The monoisotopic (exact) mass is 304 g/mol. The van der Waals surface area contributed by atoms with Crippen LogP contribution in [0.15, 0.2) is 22.7 Å². The van der Waals surface area contributed by atoms with E-state index < -0.39 is 0 Å². The first-order valence-electron chi connectivity index (χ1n) is 6.54. The molecule has 2 aromatic rings. The van der Waals surface area contributed by atoms with Crippen LogP contribution in [-0.4, -0.2) is 11.5 Å². The van der Waals surface area contributed by atoms with Gasteiger partial charge in [-0.1, -0.05) is 22.0 Å². The molecule has 2 nitrogen and oxygen atoms in total. The molecule has 1 aliphatic carbocycles. The average molecular weight is 305 g/mol. The van der Waals surface area contributed by atoms with E-state index in [-0.39, 0.29) is 0 Å². The molecule has 3 rings (SSSR count). The van der Waals surface area contributed by atoms with Crippen LogP contribution in [-0.2, 0) is 0 Å². The lowest BCUT2D eigenvalue weighted by molar-refractivity contribution is 1.04. The van der Waals surface area contributed by atoms with Gasteiger partial charge in [0.25, 0.3) is 0 Å². The van der Waals surface area contributed by atoms with E-state index >= 15 is 0 Å². The third kappa shape index (κ3) is 2.01. The van der Waals surface area contributed by atoms with Crippen molar-refractivity contribution in [1.29, 1.82) is 0 Å². The molecule has 0 unspecified atom stereocenters. The van der Waals surface area contributed by atoms with Gasteiger partial charge in [-0.3, -0.25) is 4.98 Å². The summed E-state index contributed by atoms with van der Waals surface area (Å²) in [7, 11) is 0. The molecule has 0 spiro atoms. The Hall–Kier alpha value is -1.09. The second kappa shape index (κ2) is 4.54. The first-order chi connectivity index (χ1) is 8.70. The smallest absolute Gasteiger partial charge is 0.0766 e. The van der Waals surface area contributed by atoms with Crippen molar-refractivity contribution < 1.29 is 0 Å². The van der Waals surface area contributed by atoms with E-state index in [0.29, 0.717) is 5.92 Å². The molecule has 3 heteroatoms. The molecule has 0 saturated heterocycles. The molecule has 1 N–H and O–H groups in total. The summed E-state index contributed by atoms with van der Waals surface area (Å²) in [6, 6.07) is 6.47. The van der Waals surface area contributed by atoms with Gasteiger partial charge in [-0.15, -0.1) is 0 Å². The lowest BCUT2D eigenvalue weighted by atomic mass is 10.1. The van der Waals surface area contributed by atoms with E-state index in [2.05, 4.69) is 53.3 Å². The van der Waals surface area contributed by atoms with Crippen molar-refractivity contribution in [3.05, 3.63) is 33.9 Å². The van der Waals surface area contributed by atoms with Crippen molar-refractivity contribution >= 4 is 32.5 Å². The molecule has 1 fully saturated rings. The van der Waals surface area contributed by atoms with Crippen molar-refractivity contribution in [2.24, 2.45) is 0 Å². The Morgan fingerprint density at radius 1 is 1.39 bits per heavy atom. The van der Waals surface area contributed by atoms with Crippen LogP contribution in [0.3, 0.4) is 0 Å². The van der Waals surface area contributed by atoms with Gasteiger partial charge in [-0.2, -0.15) is 0 Å². The molecule has 1 saturated carbocycles. The highest BCUT2D eigenvalue weighted by Crippen LogP contribution is 2.42. The highest BCUT2D eigenvalue weighted by molar-refractivity contribution is 9.10. The quantitative estimate of drug-likeness (QED) is 0.895. The van der Waals surface area contributed by atoms with Crippen LogP contribution in [0, 0.1) is 6.92 Å². The van der Waals surface area contributed by atoms with Gasteiger partial charge in [0.15, 0.2) is 0 Å². The van der Waals surface area contributed by atoms with Crippen molar-refractivity contribution in [2.75, 3.05) is 11.9 Å². The third-order valence-electron chi connectivity index (χ3n) is 3.49. The fourth-order valence-corrected chi connectivity index (χ4v) is 2.90. The molecular weight excluding hydrogens is 288 g/mol. The van der Waals surface area contributed by atoms with Crippen molar-refractivity contribution in [3.63, 3.8) is 0 Å². The lowest BCUT2D eigenvalue weighted by Crippen LogP contribution is -2.01. The van der Waals surface area contributed by atoms with Gasteiger partial charge in [0.1, 0.15) is 0 Å². The molecule has 1 heterocycles. The van der Waals surface area contributed by atoms with Crippen LogP contribution in [0.2, 0.25) is 0 Å². The van der Waals surface area contributed by atoms with Crippen molar-refractivity contribution in [2.45, 2.75) is 32.6 Å². The van der Waals surface area contributed by atoms with Gasteiger partial charge in [0.2, 0.25) is 0 Å². The maximum Gasteiger partial charge on any atom is 0.0766 e. The van der Waals surface area contributed by atoms with E-state index in [0.717, 1.165) is 16.5 Å². The molecule has 0 atom stereocenters. The number of nitrogens with one attached hydrogen (secondary N) is 1. The molecule has 94 valence electrons. The van der Waals surface area contributed by atoms with Crippen LogP contribution in [0.5, 0.6) is 0 Å². The van der Waals surface area contributed by atoms with Gasteiger partial charge < -0.3 is 5.32 Å². The molecule has 0 radical (unpaired) electrons. The predicted molar refractivity (Wildman–Crippen MR) is 80.3 cm³/mol. The third-order valence-corrected chi connectivity index (χ3v) is 4.15. The second-order valence-corrected chi connectivity index (χ2v) is 5.84. The number of hydrogen-bond donors (Lipinski definition) is 1. The van der Waals surface area contributed by atoms with E-state index in [4.69, 9.17) is 4.98 Å². The number of pyridine rings is 1. The molecule has 0 bridgehead atoms.